The van der Waals surface area contributed by atoms with Crippen LogP contribution in [0.5, 0.6) is 0 Å². The van der Waals surface area contributed by atoms with E-state index in [9.17, 15) is 9.59 Å². The molecule has 3 rings (SSSR count). The molecule has 28 heavy (non-hydrogen) atoms. The van der Waals surface area contributed by atoms with Crippen molar-refractivity contribution in [3.63, 3.8) is 0 Å². The van der Waals surface area contributed by atoms with Gasteiger partial charge in [-0.15, -0.1) is 23.1 Å². The second-order valence-corrected chi connectivity index (χ2v) is 9.11. The van der Waals surface area contributed by atoms with Gasteiger partial charge in [0, 0.05) is 42.3 Å². The summed E-state index contributed by atoms with van der Waals surface area (Å²) >= 11 is 9.15. The van der Waals surface area contributed by atoms with E-state index >= 15 is 0 Å². The van der Waals surface area contributed by atoms with Gasteiger partial charge in [0.25, 0.3) is 0 Å². The van der Waals surface area contributed by atoms with Gasteiger partial charge >= 0.3 is 0 Å². The number of nitrogens with zero attached hydrogens (tertiary/aromatic N) is 3. The SMILES string of the molecule is Cc1nc(CSCC(=O)N2CCN([C@H](C(N)=O)c3ccc(Cl)cc3)CC2)cs1. The third-order valence-corrected chi connectivity index (χ3v) is 6.65. The van der Waals surface area contributed by atoms with Crippen LogP contribution in [0.15, 0.2) is 29.6 Å². The molecule has 1 aliphatic rings. The van der Waals surface area contributed by atoms with Crippen molar-refractivity contribution in [2.24, 2.45) is 5.73 Å². The largest absolute Gasteiger partial charge is 0.368 e. The van der Waals surface area contributed by atoms with E-state index in [1.54, 1.807) is 35.2 Å². The number of hydrogen-bond acceptors (Lipinski definition) is 6. The molecule has 1 aliphatic heterocycles. The lowest BCUT2D eigenvalue weighted by Gasteiger charge is -2.38. The molecule has 0 aliphatic carbocycles. The van der Waals surface area contributed by atoms with E-state index in [1.165, 1.54) is 0 Å². The topological polar surface area (TPSA) is 79.5 Å². The van der Waals surface area contributed by atoms with Crippen molar-refractivity contribution in [3.8, 4) is 0 Å². The standard InChI is InChI=1S/C19H23ClN4O2S2/c1-13-22-16(11-28-13)10-27-12-17(25)23-6-8-24(9-7-23)18(19(21)26)14-2-4-15(20)5-3-14/h2-5,11,18H,6-10,12H2,1H3,(H2,21,26)/t18-/m0/s1. The fraction of sp³-hybridized carbons (Fsp3) is 0.421. The molecule has 9 heteroatoms. The van der Waals surface area contributed by atoms with E-state index in [0.29, 0.717) is 37.0 Å². The van der Waals surface area contributed by atoms with Crippen molar-refractivity contribution in [2.75, 3.05) is 31.9 Å². The third-order valence-electron chi connectivity index (χ3n) is 4.63. The van der Waals surface area contributed by atoms with Gasteiger partial charge in [-0.05, 0) is 24.6 Å². The molecule has 2 N–H and O–H groups in total. The second kappa shape index (κ2) is 9.73. The van der Waals surface area contributed by atoms with Gasteiger partial charge in [0.15, 0.2) is 0 Å². The number of primary amides is 1. The highest BCUT2D eigenvalue weighted by molar-refractivity contribution is 7.99. The zero-order valence-corrected chi connectivity index (χ0v) is 18.0. The third kappa shape index (κ3) is 5.47. The first kappa shape index (κ1) is 21.1. The number of halogens is 1. The summed E-state index contributed by atoms with van der Waals surface area (Å²) in [5.74, 6) is 0.915. The minimum atomic E-state index is -0.503. The molecule has 0 saturated carbocycles. The molecule has 1 aromatic carbocycles. The number of thioether (sulfide) groups is 1. The fourth-order valence-electron chi connectivity index (χ4n) is 3.24. The van der Waals surface area contributed by atoms with Crippen LogP contribution >= 0.6 is 34.7 Å². The zero-order chi connectivity index (χ0) is 20.1. The lowest BCUT2D eigenvalue weighted by atomic mass is 10.0. The Morgan fingerprint density at radius 2 is 1.93 bits per heavy atom. The minimum absolute atomic E-state index is 0.124. The molecule has 1 atom stereocenters. The number of rotatable bonds is 7. The zero-order valence-electron chi connectivity index (χ0n) is 15.6. The predicted octanol–water partition coefficient (Wildman–Crippen LogP) is 2.71. The van der Waals surface area contributed by atoms with Crippen molar-refractivity contribution in [3.05, 3.63) is 50.9 Å². The molecule has 1 aromatic heterocycles. The Morgan fingerprint density at radius 1 is 1.25 bits per heavy atom. The summed E-state index contributed by atoms with van der Waals surface area (Å²) in [6, 6.07) is 6.66. The van der Waals surface area contributed by atoms with Crippen molar-refractivity contribution in [1.29, 1.82) is 0 Å². The summed E-state index contributed by atoms with van der Waals surface area (Å²) in [7, 11) is 0. The molecule has 1 fully saturated rings. The first-order valence-corrected chi connectivity index (χ1v) is 11.4. The molecule has 0 radical (unpaired) electrons. The normalized spacial score (nSPS) is 16.1. The number of hydrogen-bond donors (Lipinski definition) is 1. The summed E-state index contributed by atoms with van der Waals surface area (Å²) in [5, 5.41) is 3.70. The van der Waals surface area contributed by atoms with Crippen LogP contribution in [-0.4, -0.2) is 58.5 Å². The Kier molecular flexibility index (Phi) is 7.34. The summed E-state index contributed by atoms with van der Waals surface area (Å²) in [6.45, 7) is 4.38. The lowest BCUT2D eigenvalue weighted by molar-refractivity contribution is -0.131. The Morgan fingerprint density at radius 3 is 2.50 bits per heavy atom. The highest BCUT2D eigenvalue weighted by Crippen LogP contribution is 2.24. The quantitative estimate of drug-likeness (QED) is 0.718. The maximum absolute atomic E-state index is 12.5. The van der Waals surface area contributed by atoms with Gasteiger partial charge in [-0.3, -0.25) is 14.5 Å². The minimum Gasteiger partial charge on any atom is -0.368 e. The summed E-state index contributed by atoms with van der Waals surface area (Å²) in [6.07, 6.45) is 0. The van der Waals surface area contributed by atoms with Crippen LogP contribution in [0, 0.1) is 6.92 Å². The number of aromatic nitrogens is 1. The van der Waals surface area contributed by atoms with Gasteiger partial charge in [0.1, 0.15) is 6.04 Å². The molecular weight excluding hydrogens is 416 g/mol. The molecular formula is C19H23ClN4O2S2. The smallest absolute Gasteiger partial charge is 0.239 e. The van der Waals surface area contributed by atoms with Gasteiger partial charge in [-0.25, -0.2) is 4.98 Å². The van der Waals surface area contributed by atoms with Gasteiger partial charge in [0.2, 0.25) is 11.8 Å². The summed E-state index contributed by atoms with van der Waals surface area (Å²) in [4.78, 5) is 32.8. The van der Waals surface area contributed by atoms with Crippen molar-refractivity contribution >= 4 is 46.5 Å². The van der Waals surface area contributed by atoms with Crippen LogP contribution < -0.4 is 5.73 Å². The van der Waals surface area contributed by atoms with Crippen LogP contribution in [0.25, 0.3) is 0 Å². The highest BCUT2D eigenvalue weighted by atomic mass is 35.5. The number of amides is 2. The average Bonchev–Trinajstić information content (AvgIpc) is 3.09. The molecule has 2 heterocycles. The number of carbonyl (C=O) groups is 2. The van der Waals surface area contributed by atoms with Crippen LogP contribution in [0.4, 0.5) is 0 Å². The Balaban J connectivity index is 1.50. The Bertz CT molecular complexity index is 820. The van der Waals surface area contributed by atoms with E-state index in [4.69, 9.17) is 17.3 Å². The maximum atomic E-state index is 12.5. The van der Waals surface area contributed by atoms with E-state index < -0.39 is 11.9 Å². The molecule has 0 unspecified atom stereocenters. The van der Waals surface area contributed by atoms with Crippen molar-refractivity contribution < 1.29 is 9.59 Å². The van der Waals surface area contributed by atoms with Crippen LogP contribution in [0.3, 0.4) is 0 Å². The number of piperazine rings is 1. The fourth-order valence-corrected chi connectivity index (χ4v) is 4.90. The maximum Gasteiger partial charge on any atom is 0.239 e. The molecule has 1 saturated heterocycles. The lowest BCUT2D eigenvalue weighted by Crippen LogP contribution is -2.52. The van der Waals surface area contributed by atoms with E-state index in [2.05, 4.69) is 4.98 Å². The molecule has 0 spiro atoms. The number of nitrogens with two attached hydrogens (primary N) is 1. The highest BCUT2D eigenvalue weighted by Gasteiger charge is 2.30. The van der Waals surface area contributed by atoms with E-state index in [0.717, 1.165) is 22.0 Å². The van der Waals surface area contributed by atoms with E-state index in [1.807, 2.05) is 34.2 Å². The molecule has 0 bridgehead atoms. The average molecular weight is 439 g/mol. The monoisotopic (exact) mass is 438 g/mol. The first-order valence-electron chi connectivity index (χ1n) is 8.99. The van der Waals surface area contributed by atoms with Gasteiger partial charge < -0.3 is 10.6 Å². The Hall–Kier alpha value is -1.61. The van der Waals surface area contributed by atoms with Crippen molar-refractivity contribution in [2.45, 2.75) is 18.7 Å². The van der Waals surface area contributed by atoms with Crippen molar-refractivity contribution in [1.82, 2.24) is 14.8 Å². The van der Waals surface area contributed by atoms with Gasteiger partial charge in [-0.1, -0.05) is 23.7 Å². The van der Waals surface area contributed by atoms with Gasteiger partial charge in [-0.2, -0.15) is 0 Å². The number of thiazole rings is 1. The number of carbonyl (C=O) groups excluding carboxylic acids is 2. The van der Waals surface area contributed by atoms with Gasteiger partial charge in [0.05, 0.1) is 16.5 Å². The predicted molar refractivity (Wildman–Crippen MR) is 115 cm³/mol. The van der Waals surface area contributed by atoms with E-state index in [-0.39, 0.29) is 5.91 Å². The number of benzene rings is 1. The van der Waals surface area contributed by atoms with Crippen LogP contribution in [0.1, 0.15) is 22.3 Å². The molecule has 2 amide bonds. The molecule has 150 valence electrons. The molecule has 6 nitrogen and oxygen atoms in total. The first-order chi connectivity index (χ1) is 13.4. The molecule has 2 aromatic rings. The van der Waals surface area contributed by atoms with Crippen LogP contribution in [-0.2, 0) is 15.3 Å². The Labute approximate surface area is 178 Å². The van der Waals surface area contributed by atoms with Crippen LogP contribution in [0.2, 0.25) is 5.02 Å². The number of aryl methyl sites for hydroxylation is 1. The summed E-state index contributed by atoms with van der Waals surface area (Å²) in [5.41, 5.74) is 7.50. The second-order valence-electron chi connectivity index (χ2n) is 6.62. The summed E-state index contributed by atoms with van der Waals surface area (Å²) < 4.78 is 0.